The highest BCUT2D eigenvalue weighted by atomic mass is 16.2. The first-order valence-electron chi connectivity index (χ1n) is 15.1. The molecule has 45 heavy (non-hydrogen) atoms. The molecule has 7 rings (SSSR count). The van der Waals surface area contributed by atoms with Crippen LogP contribution < -0.4 is 5.32 Å². The fraction of sp³-hybridized carbons (Fsp3) is 0.194. The van der Waals surface area contributed by atoms with Crippen molar-refractivity contribution in [3.8, 4) is 28.3 Å². The van der Waals surface area contributed by atoms with E-state index in [0.717, 1.165) is 61.5 Å². The molecule has 1 saturated carbocycles. The van der Waals surface area contributed by atoms with Gasteiger partial charge in [-0.1, -0.05) is 55.6 Å². The fourth-order valence-corrected chi connectivity index (χ4v) is 6.23. The molecule has 224 valence electrons. The Labute approximate surface area is 261 Å². The number of amides is 2. The number of fused-ring (bicyclic) bond motifs is 1. The molecule has 2 fully saturated rings. The first kappa shape index (κ1) is 28.4. The van der Waals surface area contributed by atoms with Gasteiger partial charge in [-0.3, -0.25) is 19.1 Å². The molecule has 0 bridgehead atoms. The van der Waals surface area contributed by atoms with Crippen molar-refractivity contribution in [3.05, 3.63) is 116 Å². The van der Waals surface area contributed by atoms with E-state index in [9.17, 15) is 9.59 Å². The second-order valence-corrected chi connectivity index (χ2v) is 11.6. The number of anilines is 1. The SMILES string of the molecule is C=CC(=O)Nc1ncccc1-c1nc2ccc(-c3ccccc3)nc2n1-c1ccc(CN2CCN(C(=O)C=C)C3(CC3)C2)cc1. The lowest BCUT2D eigenvalue weighted by Crippen LogP contribution is -2.56. The molecule has 0 radical (unpaired) electrons. The molecule has 2 aromatic carbocycles. The lowest BCUT2D eigenvalue weighted by atomic mass is 10.1. The van der Waals surface area contributed by atoms with Crippen LogP contribution in [0.2, 0.25) is 0 Å². The van der Waals surface area contributed by atoms with Crippen LogP contribution in [0.1, 0.15) is 18.4 Å². The van der Waals surface area contributed by atoms with Gasteiger partial charge in [-0.25, -0.2) is 15.0 Å². The van der Waals surface area contributed by atoms with Gasteiger partial charge in [0, 0.05) is 43.6 Å². The average Bonchev–Trinajstić information content (AvgIpc) is 3.73. The van der Waals surface area contributed by atoms with E-state index >= 15 is 0 Å². The van der Waals surface area contributed by atoms with Crippen LogP contribution in [0.25, 0.3) is 39.5 Å². The van der Waals surface area contributed by atoms with Crippen molar-refractivity contribution in [2.75, 3.05) is 25.0 Å². The average molecular weight is 596 g/mol. The molecule has 0 atom stereocenters. The van der Waals surface area contributed by atoms with Crippen LogP contribution >= 0.6 is 0 Å². The maximum absolute atomic E-state index is 12.4. The normalized spacial score (nSPS) is 15.6. The highest BCUT2D eigenvalue weighted by molar-refractivity contribution is 6.00. The zero-order valence-electron chi connectivity index (χ0n) is 24.9. The van der Waals surface area contributed by atoms with Crippen LogP contribution in [0.4, 0.5) is 5.82 Å². The van der Waals surface area contributed by atoms with Crippen molar-refractivity contribution in [1.29, 1.82) is 0 Å². The summed E-state index contributed by atoms with van der Waals surface area (Å²) in [7, 11) is 0. The number of imidazole rings is 1. The number of aromatic nitrogens is 4. The monoisotopic (exact) mass is 595 g/mol. The number of carbonyl (C=O) groups is 2. The molecule has 9 heteroatoms. The minimum absolute atomic E-state index is 0.0322. The van der Waals surface area contributed by atoms with Gasteiger partial charge in [0.05, 0.1) is 16.8 Å². The van der Waals surface area contributed by atoms with Gasteiger partial charge in [-0.15, -0.1) is 0 Å². The molecule has 1 N–H and O–H groups in total. The van der Waals surface area contributed by atoms with Gasteiger partial charge in [-0.2, -0.15) is 0 Å². The van der Waals surface area contributed by atoms with Crippen LogP contribution in [0.15, 0.2) is 110 Å². The van der Waals surface area contributed by atoms with E-state index in [2.05, 4.69) is 52.6 Å². The summed E-state index contributed by atoms with van der Waals surface area (Å²) in [6.07, 6.45) is 6.37. The Morgan fingerprint density at radius 2 is 1.69 bits per heavy atom. The molecule has 4 heterocycles. The fourth-order valence-electron chi connectivity index (χ4n) is 6.23. The number of rotatable bonds is 8. The maximum Gasteiger partial charge on any atom is 0.248 e. The molecule has 3 aromatic heterocycles. The summed E-state index contributed by atoms with van der Waals surface area (Å²) in [6, 6.07) is 26.1. The molecule has 1 saturated heterocycles. The van der Waals surface area contributed by atoms with Crippen LogP contribution in [0.3, 0.4) is 0 Å². The minimum atomic E-state index is -0.353. The Balaban J connectivity index is 1.26. The number of pyridine rings is 2. The van der Waals surface area contributed by atoms with Gasteiger partial charge in [-0.05, 0) is 67.0 Å². The molecule has 1 aliphatic carbocycles. The molecule has 2 aliphatic rings. The van der Waals surface area contributed by atoms with Crippen molar-refractivity contribution in [3.63, 3.8) is 0 Å². The number of hydrogen-bond acceptors (Lipinski definition) is 6. The van der Waals surface area contributed by atoms with Crippen LogP contribution in [0, 0.1) is 0 Å². The van der Waals surface area contributed by atoms with Crippen molar-refractivity contribution < 1.29 is 9.59 Å². The molecule has 1 spiro atoms. The van der Waals surface area contributed by atoms with Gasteiger partial charge in [0.25, 0.3) is 0 Å². The number of nitrogens with one attached hydrogen (secondary N) is 1. The minimum Gasteiger partial charge on any atom is -0.331 e. The van der Waals surface area contributed by atoms with Crippen molar-refractivity contribution >= 4 is 28.8 Å². The molecule has 2 amide bonds. The zero-order chi connectivity index (χ0) is 31.0. The predicted molar refractivity (Wildman–Crippen MR) is 176 cm³/mol. The number of piperazine rings is 1. The van der Waals surface area contributed by atoms with Crippen LogP contribution in [-0.2, 0) is 16.1 Å². The lowest BCUT2D eigenvalue weighted by Gasteiger charge is -2.41. The van der Waals surface area contributed by atoms with Gasteiger partial charge in [0.2, 0.25) is 11.8 Å². The number of nitrogens with zero attached hydrogens (tertiary/aromatic N) is 6. The number of hydrogen-bond donors (Lipinski definition) is 1. The zero-order valence-corrected chi connectivity index (χ0v) is 24.9. The topological polar surface area (TPSA) is 96.2 Å². The Kier molecular flexibility index (Phi) is 7.31. The second-order valence-electron chi connectivity index (χ2n) is 11.6. The van der Waals surface area contributed by atoms with Gasteiger partial charge < -0.3 is 10.2 Å². The second kappa shape index (κ2) is 11.6. The molecule has 5 aromatic rings. The molecular weight excluding hydrogens is 562 g/mol. The van der Waals surface area contributed by atoms with Gasteiger partial charge in [0.1, 0.15) is 11.3 Å². The van der Waals surface area contributed by atoms with Crippen molar-refractivity contribution in [2.24, 2.45) is 0 Å². The summed E-state index contributed by atoms with van der Waals surface area (Å²) in [5.74, 6) is 0.683. The summed E-state index contributed by atoms with van der Waals surface area (Å²) in [6.45, 7) is 10.5. The summed E-state index contributed by atoms with van der Waals surface area (Å²) in [5, 5.41) is 2.82. The summed E-state index contributed by atoms with van der Waals surface area (Å²) < 4.78 is 2.02. The van der Waals surface area contributed by atoms with E-state index < -0.39 is 0 Å². The van der Waals surface area contributed by atoms with Gasteiger partial charge in [0.15, 0.2) is 11.5 Å². The number of benzene rings is 2. The van der Waals surface area contributed by atoms with E-state index in [4.69, 9.17) is 9.97 Å². The Bertz CT molecular complexity index is 1930. The van der Waals surface area contributed by atoms with E-state index in [1.807, 2.05) is 64.1 Å². The third-order valence-corrected chi connectivity index (χ3v) is 8.65. The third kappa shape index (κ3) is 5.42. The van der Waals surface area contributed by atoms with Gasteiger partial charge >= 0.3 is 0 Å². The van der Waals surface area contributed by atoms with E-state index in [1.165, 1.54) is 17.7 Å². The summed E-state index contributed by atoms with van der Waals surface area (Å²) >= 11 is 0. The highest BCUT2D eigenvalue weighted by Gasteiger charge is 2.52. The molecule has 1 aliphatic heterocycles. The Morgan fingerprint density at radius 3 is 2.42 bits per heavy atom. The highest BCUT2D eigenvalue weighted by Crippen LogP contribution is 2.44. The largest absolute Gasteiger partial charge is 0.331 e. The lowest BCUT2D eigenvalue weighted by molar-refractivity contribution is -0.132. The number of carbonyl (C=O) groups excluding carboxylic acids is 2. The standard InChI is InChI=1S/C36H33N7O2/c1-3-31(44)40-33-28(11-8-20-37-33)34-39-30-17-16-29(26-9-6-5-7-10-26)38-35(30)43(34)27-14-12-25(13-15-27)23-41-21-22-42(32(45)4-2)36(24-41)18-19-36/h3-17,20H,1-2,18-19,21-24H2,(H,37,40,44). The summed E-state index contributed by atoms with van der Waals surface area (Å²) in [5.41, 5.74) is 5.95. The summed E-state index contributed by atoms with van der Waals surface area (Å²) in [4.78, 5) is 43.6. The third-order valence-electron chi connectivity index (χ3n) is 8.65. The van der Waals surface area contributed by atoms with Crippen LogP contribution in [-0.4, -0.2) is 66.3 Å². The smallest absolute Gasteiger partial charge is 0.248 e. The van der Waals surface area contributed by atoms with Crippen molar-refractivity contribution in [1.82, 2.24) is 29.3 Å². The molecule has 0 unspecified atom stereocenters. The van der Waals surface area contributed by atoms with E-state index in [-0.39, 0.29) is 17.4 Å². The first-order chi connectivity index (χ1) is 22.0. The quantitative estimate of drug-likeness (QED) is 0.234. The predicted octanol–water partition coefficient (Wildman–Crippen LogP) is 5.64. The Hall–Kier alpha value is -5.41. The van der Waals surface area contributed by atoms with Crippen molar-refractivity contribution in [2.45, 2.75) is 24.9 Å². The van der Waals surface area contributed by atoms with Crippen LogP contribution in [0.5, 0.6) is 0 Å². The Morgan fingerprint density at radius 1 is 0.889 bits per heavy atom. The van der Waals surface area contributed by atoms with E-state index in [0.29, 0.717) is 22.9 Å². The van der Waals surface area contributed by atoms with E-state index in [1.54, 1.807) is 6.20 Å². The maximum atomic E-state index is 12.4. The molecule has 9 nitrogen and oxygen atoms in total. The first-order valence-corrected chi connectivity index (χ1v) is 15.1. The molecular formula is C36H33N7O2.